The number of carbonyl (C=O) groups is 2. The molecular formula is C21H23N3O3. The second-order valence-corrected chi connectivity index (χ2v) is 6.81. The first-order valence-electron chi connectivity index (χ1n) is 9.23. The van der Waals surface area contributed by atoms with Gasteiger partial charge in [-0.25, -0.2) is 0 Å². The van der Waals surface area contributed by atoms with Crippen LogP contribution < -0.4 is 10.1 Å². The lowest BCUT2D eigenvalue weighted by atomic mass is 10.0. The maximum Gasteiger partial charge on any atom is 0.261 e. The van der Waals surface area contributed by atoms with Crippen LogP contribution in [0.2, 0.25) is 0 Å². The van der Waals surface area contributed by atoms with Gasteiger partial charge in [0.2, 0.25) is 0 Å². The molecule has 0 spiro atoms. The average Bonchev–Trinajstić information content (AvgIpc) is 2.97. The Bertz CT molecular complexity index is 832. The van der Waals surface area contributed by atoms with E-state index in [-0.39, 0.29) is 17.9 Å². The van der Waals surface area contributed by atoms with Gasteiger partial charge in [0.25, 0.3) is 11.8 Å². The van der Waals surface area contributed by atoms with Crippen molar-refractivity contribution >= 4 is 11.8 Å². The molecule has 0 aromatic heterocycles. The standard InChI is InChI=1S/C21H23N3O3/c1-27-19-9-5-4-8-17(19)18-14-22-10-11-23(18)12-13-24-20(25)15-6-2-3-7-16(15)21(24)26/h2-9,18,22H,10-14H2,1H3. The Balaban J connectivity index is 1.50. The summed E-state index contributed by atoms with van der Waals surface area (Å²) in [5.74, 6) is 0.469. The van der Waals surface area contributed by atoms with Gasteiger partial charge in [0.05, 0.1) is 24.3 Å². The van der Waals surface area contributed by atoms with Crippen LogP contribution in [0.4, 0.5) is 0 Å². The van der Waals surface area contributed by atoms with E-state index in [1.807, 2.05) is 18.2 Å². The highest BCUT2D eigenvalue weighted by Crippen LogP contribution is 2.30. The first-order chi connectivity index (χ1) is 13.2. The fraction of sp³-hybridized carbons (Fsp3) is 0.333. The van der Waals surface area contributed by atoms with Crippen molar-refractivity contribution in [3.8, 4) is 5.75 Å². The topological polar surface area (TPSA) is 61.9 Å². The van der Waals surface area contributed by atoms with Crippen LogP contribution in [-0.4, -0.2) is 61.4 Å². The Hall–Kier alpha value is -2.70. The molecule has 1 atom stereocenters. The summed E-state index contributed by atoms with van der Waals surface area (Å²) in [5.41, 5.74) is 2.13. The van der Waals surface area contributed by atoms with Crippen LogP contribution in [-0.2, 0) is 0 Å². The third kappa shape index (κ3) is 3.22. The fourth-order valence-electron chi connectivity index (χ4n) is 3.93. The number of nitrogens with one attached hydrogen (secondary N) is 1. The van der Waals surface area contributed by atoms with Crippen LogP contribution in [0.25, 0.3) is 0 Å². The molecule has 0 radical (unpaired) electrons. The molecule has 4 rings (SSSR count). The minimum atomic E-state index is -0.195. The van der Waals surface area contributed by atoms with Crippen LogP contribution in [0.1, 0.15) is 32.3 Å². The number of imide groups is 1. The number of methoxy groups -OCH3 is 1. The number of benzene rings is 2. The first kappa shape index (κ1) is 17.7. The third-order valence-electron chi connectivity index (χ3n) is 5.34. The summed E-state index contributed by atoms with van der Waals surface area (Å²) in [4.78, 5) is 28.9. The van der Waals surface area contributed by atoms with E-state index in [1.54, 1.807) is 31.4 Å². The second-order valence-electron chi connectivity index (χ2n) is 6.81. The van der Waals surface area contributed by atoms with E-state index in [4.69, 9.17) is 4.74 Å². The minimum absolute atomic E-state index is 0.144. The molecule has 2 aliphatic heterocycles. The van der Waals surface area contributed by atoms with Crippen molar-refractivity contribution in [1.29, 1.82) is 0 Å². The molecule has 0 bridgehead atoms. The lowest BCUT2D eigenvalue weighted by molar-refractivity contribution is 0.0613. The van der Waals surface area contributed by atoms with Gasteiger partial charge >= 0.3 is 0 Å². The van der Waals surface area contributed by atoms with Gasteiger partial charge in [-0.05, 0) is 18.2 Å². The summed E-state index contributed by atoms with van der Waals surface area (Å²) < 4.78 is 5.53. The molecule has 1 N–H and O–H groups in total. The molecule has 2 amide bonds. The quantitative estimate of drug-likeness (QED) is 0.821. The summed E-state index contributed by atoms with van der Waals surface area (Å²) >= 11 is 0. The molecule has 6 heteroatoms. The number of para-hydroxylation sites is 1. The van der Waals surface area contributed by atoms with Gasteiger partial charge in [0.15, 0.2) is 0 Å². The molecule has 27 heavy (non-hydrogen) atoms. The molecule has 2 aromatic rings. The number of carbonyl (C=O) groups excluding carboxylic acids is 2. The van der Waals surface area contributed by atoms with Gasteiger partial charge in [-0.15, -0.1) is 0 Å². The van der Waals surface area contributed by atoms with Crippen LogP contribution in [0, 0.1) is 0 Å². The maximum atomic E-state index is 12.6. The Morgan fingerprint density at radius 3 is 2.37 bits per heavy atom. The van der Waals surface area contributed by atoms with Gasteiger partial charge in [0.1, 0.15) is 5.75 Å². The Morgan fingerprint density at radius 2 is 1.67 bits per heavy atom. The molecule has 1 fully saturated rings. The molecule has 2 aromatic carbocycles. The molecule has 0 saturated carbocycles. The zero-order valence-electron chi connectivity index (χ0n) is 15.4. The average molecular weight is 365 g/mol. The number of ether oxygens (including phenoxy) is 1. The predicted octanol–water partition coefficient (Wildman–Crippen LogP) is 1.94. The number of fused-ring (bicyclic) bond motifs is 1. The zero-order chi connectivity index (χ0) is 18.8. The molecule has 1 unspecified atom stereocenters. The van der Waals surface area contributed by atoms with Crippen molar-refractivity contribution in [2.24, 2.45) is 0 Å². The van der Waals surface area contributed by atoms with Crippen molar-refractivity contribution in [2.75, 3.05) is 39.8 Å². The lowest BCUT2D eigenvalue weighted by Crippen LogP contribution is -2.49. The summed E-state index contributed by atoms with van der Waals surface area (Å²) in [6, 6.07) is 15.2. The van der Waals surface area contributed by atoms with E-state index < -0.39 is 0 Å². The van der Waals surface area contributed by atoms with E-state index in [1.165, 1.54) is 4.90 Å². The second kappa shape index (κ2) is 7.50. The number of hydrogen-bond acceptors (Lipinski definition) is 5. The lowest BCUT2D eigenvalue weighted by Gasteiger charge is -2.37. The SMILES string of the molecule is COc1ccccc1C1CNCCN1CCN1C(=O)c2ccccc2C1=O. The zero-order valence-corrected chi connectivity index (χ0v) is 15.4. The summed E-state index contributed by atoms with van der Waals surface area (Å²) in [5, 5.41) is 3.43. The van der Waals surface area contributed by atoms with E-state index in [0.717, 1.165) is 30.9 Å². The highest BCUT2D eigenvalue weighted by Gasteiger charge is 2.36. The van der Waals surface area contributed by atoms with Crippen LogP contribution in [0.15, 0.2) is 48.5 Å². The van der Waals surface area contributed by atoms with Crippen LogP contribution >= 0.6 is 0 Å². The van der Waals surface area contributed by atoms with E-state index in [2.05, 4.69) is 16.3 Å². The largest absolute Gasteiger partial charge is 0.496 e. The molecule has 0 aliphatic carbocycles. The Kier molecular flexibility index (Phi) is 4.92. The summed E-state index contributed by atoms with van der Waals surface area (Å²) in [6.07, 6.45) is 0. The van der Waals surface area contributed by atoms with Gasteiger partial charge in [-0.2, -0.15) is 0 Å². The van der Waals surface area contributed by atoms with Crippen molar-refractivity contribution in [3.63, 3.8) is 0 Å². The monoisotopic (exact) mass is 365 g/mol. The number of amides is 2. The van der Waals surface area contributed by atoms with Gasteiger partial charge in [-0.1, -0.05) is 30.3 Å². The van der Waals surface area contributed by atoms with Crippen molar-refractivity contribution in [1.82, 2.24) is 15.1 Å². The Labute approximate surface area is 158 Å². The molecule has 2 aliphatic rings. The van der Waals surface area contributed by atoms with Gasteiger partial charge in [0, 0.05) is 38.3 Å². The van der Waals surface area contributed by atoms with E-state index >= 15 is 0 Å². The summed E-state index contributed by atoms with van der Waals surface area (Å²) in [6.45, 7) is 3.57. The maximum absolute atomic E-state index is 12.6. The number of rotatable bonds is 5. The summed E-state index contributed by atoms with van der Waals surface area (Å²) in [7, 11) is 1.68. The molecule has 6 nitrogen and oxygen atoms in total. The highest BCUT2D eigenvalue weighted by molar-refractivity contribution is 6.21. The molecule has 140 valence electrons. The predicted molar refractivity (Wildman–Crippen MR) is 102 cm³/mol. The number of nitrogens with zero attached hydrogens (tertiary/aromatic N) is 2. The molecular weight excluding hydrogens is 342 g/mol. The number of hydrogen-bond donors (Lipinski definition) is 1. The molecule has 1 saturated heterocycles. The Morgan fingerprint density at radius 1 is 1.00 bits per heavy atom. The van der Waals surface area contributed by atoms with Crippen LogP contribution in [0.3, 0.4) is 0 Å². The fourth-order valence-corrected chi connectivity index (χ4v) is 3.93. The van der Waals surface area contributed by atoms with Gasteiger partial charge in [-0.3, -0.25) is 19.4 Å². The van der Waals surface area contributed by atoms with Crippen molar-refractivity contribution in [3.05, 3.63) is 65.2 Å². The van der Waals surface area contributed by atoms with E-state index in [9.17, 15) is 9.59 Å². The highest BCUT2D eigenvalue weighted by atomic mass is 16.5. The number of piperazine rings is 1. The normalized spacial score (nSPS) is 20.0. The van der Waals surface area contributed by atoms with Crippen LogP contribution in [0.5, 0.6) is 5.75 Å². The van der Waals surface area contributed by atoms with Crippen molar-refractivity contribution in [2.45, 2.75) is 6.04 Å². The van der Waals surface area contributed by atoms with E-state index in [0.29, 0.717) is 24.2 Å². The molecule has 2 heterocycles. The first-order valence-corrected chi connectivity index (χ1v) is 9.23. The third-order valence-corrected chi connectivity index (χ3v) is 5.34. The van der Waals surface area contributed by atoms with Gasteiger partial charge < -0.3 is 10.1 Å². The van der Waals surface area contributed by atoms with Crippen molar-refractivity contribution < 1.29 is 14.3 Å². The smallest absolute Gasteiger partial charge is 0.261 e. The minimum Gasteiger partial charge on any atom is -0.496 e.